The number of nitrogens with zero attached hydrogens (tertiary/aromatic N) is 1. The lowest BCUT2D eigenvalue weighted by Gasteiger charge is -2.37. The number of hydrogen-bond acceptors (Lipinski definition) is 5. The highest BCUT2D eigenvalue weighted by Gasteiger charge is 2.41. The first kappa shape index (κ1) is 27.9. The van der Waals surface area contributed by atoms with Crippen molar-refractivity contribution >= 4 is 28.5 Å². The molecule has 1 rings (SSSR count). The van der Waals surface area contributed by atoms with Gasteiger partial charge >= 0.3 is 8.56 Å². The Kier molecular flexibility index (Phi) is 11.0. The Labute approximate surface area is 192 Å². The molecule has 0 radical (unpaired) electrons. The SMILES string of the molecule is CCO[Si](C)(CCCN(CC(C)C(=O)O[Si](C)(C)C(C)(C)C)c1ccccc1)OCC. The molecular weight excluding hydrogens is 422 g/mol. The van der Waals surface area contributed by atoms with Gasteiger partial charge in [0.05, 0.1) is 5.92 Å². The Hall–Kier alpha value is -1.16. The van der Waals surface area contributed by atoms with Gasteiger partial charge in [-0.2, -0.15) is 0 Å². The number of para-hydroxylation sites is 1. The summed E-state index contributed by atoms with van der Waals surface area (Å²) in [6.45, 7) is 21.7. The summed E-state index contributed by atoms with van der Waals surface area (Å²) in [4.78, 5) is 15.2. The lowest BCUT2D eigenvalue weighted by molar-refractivity contribution is -0.139. The van der Waals surface area contributed by atoms with Crippen molar-refractivity contribution in [2.45, 2.75) is 78.7 Å². The molecule has 1 unspecified atom stereocenters. The van der Waals surface area contributed by atoms with Gasteiger partial charge in [-0.1, -0.05) is 45.9 Å². The summed E-state index contributed by atoms with van der Waals surface area (Å²) in [6.07, 6.45) is 0.960. The zero-order valence-corrected chi connectivity index (χ0v) is 23.3. The van der Waals surface area contributed by atoms with Crippen molar-refractivity contribution in [3.05, 3.63) is 30.3 Å². The molecule has 0 aliphatic carbocycles. The van der Waals surface area contributed by atoms with Crippen LogP contribution in [0.1, 0.15) is 48.0 Å². The first-order valence-electron chi connectivity index (χ1n) is 11.7. The second-order valence-corrected chi connectivity index (χ2v) is 18.0. The van der Waals surface area contributed by atoms with Crippen LogP contribution in [0.5, 0.6) is 0 Å². The van der Waals surface area contributed by atoms with Crippen LogP contribution in [0.25, 0.3) is 0 Å². The summed E-state index contributed by atoms with van der Waals surface area (Å²) in [5, 5.41) is 0.00906. The van der Waals surface area contributed by atoms with Crippen LogP contribution >= 0.6 is 0 Å². The van der Waals surface area contributed by atoms with Crippen LogP contribution in [0.2, 0.25) is 30.7 Å². The van der Waals surface area contributed by atoms with Gasteiger partial charge in [0.1, 0.15) is 0 Å². The fourth-order valence-corrected chi connectivity index (χ4v) is 6.67. The molecule has 0 heterocycles. The van der Waals surface area contributed by atoms with E-state index in [1.165, 1.54) is 0 Å². The third kappa shape index (κ3) is 9.08. The van der Waals surface area contributed by atoms with Crippen molar-refractivity contribution in [2.24, 2.45) is 5.92 Å². The van der Waals surface area contributed by atoms with E-state index in [0.717, 1.165) is 24.7 Å². The van der Waals surface area contributed by atoms with E-state index in [-0.39, 0.29) is 16.9 Å². The monoisotopic (exact) mass is 467 g/mol. The number of carbonyl (C=O) groups excluding carboxylic acids is 1. The van der Waals surface area contributed by atoms with Gasteiger partial charge in [-0.05, 0) is 63.1 Å². The van der Waals surface area contributed by atoms with Gasteiger partial charge in [-0.25, -0.2) is 0 Å². The predicted octanol–water partition coefficient (Wildman–Crippen LogP) is 6.21. The molecule has 0 bridgehead atoms. The minimum absolute atomic E-state index is 0.00906. The van der Waals surface area contributed by atoms with Gasteiger partial charge < -0.3 is 18.2 Å². The first-order valence-corrected chi connectivity index (χ1v) is 17.1. The van der Waals surface area contributed by atoms with Crippen LogP contribution in [-0.2, 0) is 18.1 Å². The number of benzene rings is 1. The third-order valence-corrected chi connectivity index (χ3v) is 13.5. The summed E-state index contributed by atoms with van der Waals surface area (Å²) < 4.78 is 18.0. The summed E-state index contributed by atoms with van der Waals surface area (Å²) in [7, 11) is -4.27. The largest absolute Gasteiger partial charge is 0.519 e. The fraction of sp³-hybridized carbons (Fsp3) is 0.708. The molecule has 0 aliphatic rings. The molecule has 5 nitrogen and oxygen atoms in total. The molecule has 0 fully saturated rings. The van der Waals surface area contributed by atoms with Gasteiger partial charge in [-0.15, -0.1) is 0 Å². The van der Waals surface area contributed by atoms with Crippen LogP contribution in [-0.4, -0.2) is 49.2 Å². The van der Waals surface area contributed by atoms with Gasteiger partial charge in [0, 0.05) is 32.0 Å². The highest BCUT2D eigenvalue weighted by atomic mass is 28.4. The van der Waals surface area contributed by atoms with Crippen LogP contribution in [0.15, 0.2) is 30.3 Å². The molecule has 0 saturated carbocycles. The molecule has 0 spiro atoms. The van der Waals surface area contributed by atoms with Gasteiger partial charge in [0.15, 0.2) is 0 Å². The molecule has 0 aliphatic heterocycles. The topological polar surface area (TPSA) is 48.0 Å². The summed E-state index contributed by atoms with van der Waals surface area (Å²) in [5.41, 5.74) is 1.13. The maximum Gasteiger partial charge on any atom is 0.334 e. The van der Waals surface area contributed by atoms with Gasteiger partial charge in [0.25, 0.3) is 14.3 Å². The minimum Gasteiger partial charge on any atom is -0.519 e. The quantitative estimate of drug-likeness (QED) is 0.323. The van der Waals surface area contributed by atoms with E-state index in [2.05, 4.69) is 57.4 Å². The van der Waals surface area contributed by atoms with Crippen molar-refractivity contribution in [1.82, 2.24) is 0 Å². The molecule has 0 aromatic heterocycles. The Balaban J connectivity index is 2.84. The second kappa shape index (κ2) is 12.2. The Morgan fingerprint density at radius 1 is 1.03 bits per heavy atom. The van der Waals surface area contributed by atoms with E-state index in [9.17, 15) is 4.79 Å². The molecule has 0 saturated heterocycles. The summed E-state index contributed by atoms with van der Waals surface area (Å²) in [5.74, 6) is -0.285. The number of rotatable bonds is 13. The van der Waals surface area contributed by atoms with E-state index in [0.29, 0.717) is 19.8 Å². The Bertz CT molecular complexity index is 655. The lowest BCUT2D eigenvalue weighted by atomic mass is 10.1. The molecule has 1 atom stereocenters. The fourth-order valence-electron chi connectivity index (χ4n) is 3.26. The van der Waals surface area contributed by atoms with E-state index >= 15 is 0 Å². The number of anilines is 1. The zero-order valence-electron chi connectivity index (χ0n) is 21.3. The second-order valence-electron chi connectivity index (χ2n) is 9.97. The normalized spacial score (nSPS) is 13.7. The molecule has 1 aromatic rings. The summed E-state index contributed by atoms with van der Waals surface area (Å²) >= 11 is 0. The minimum atomic E-state index is -2.14. The lowest BCUT2D eigenvalue weighted by Crippen LogP contribution is -2.45. The van der Waals surface area contributed by atoms with E-state index in [4.69, 9.17) is 13.3 Å². The molecule has 1 aromatic carbocycles. The molecule has 0 amide bonds. The van der Waals surface area contributed by atoms with Gasteiger partial charge in [0.2, 0.25) is 0 Å². The third-order valence-electron chi connectivity index (χ3n) is 6.14. The van der Waals surface area contributed by atoms with Crippen LogP contribution in [0.4, 0.5) is 5.69 Å². The predicted molar refractivity (Wildman–Crippen MR) is 135 cm³/mol. The first-order chi connectivity index (χ1) is 14.3. The number of carbonyl (C=O) groups is 1. The highest BCUT2D eigenvalue weighted by molar-refractivity contribution is 6.75. The molecule has 178 valence electrons. The maximum atomic E-state index is 12.9. The molecular formula is C24H45NO4Si2. The standard InChI is InChI=1S/C24H45NO4Si2/c1-10-27-31(9,28-11-2)19-15-18-25(22-16-13-12-14-17-22)20-21(3)23(26)29-30(7,8)24(4,5)6/h12-14,16-17,21H,10-11,15,18-20H2,1-9H3. The van der Waals surface area contributed by atoms with Crippen molar-refractivity contribution in [3.63, 3.8) is 0 Å². The van der Waals surface area contributed by atoms with E-state index in [1.807, 2.05) is 39.0 Å². The van der Waals surface area contributed by atoms with Crippen molar-refractivity contribution in [2.75, 3.05) is 31.2 Å². The van der Waals surface area contributed by atoms with E-state index in [1.54, 1.807) is 0 Å². The number of hydrogen-bond donors (Lipinski definition) is 0. The van der Waals surface area contributed by atoms with Crippen LogP contribution < -0.4 is 4.90 Å². The maximum absolute atomic E-state index is 12.9. The van der Waals surface area contributed by atoms with Crippen LogP contribution in [0.3, 0.4) is 0 Å². The molecule has 31 heavy (non-hydrogen) atoms. The average Bonchev–Trinajstić information content (AvgIpc) is 2.67. The zero-order chi connectivity index (χ0) is 23.7. The van der Waals surface area contributed by atoms with Crippen molar-refractivity contribution < 1.29 is 18.1 Å². The summed E-state index contributed by atoms with van der Waals surface area (Å²) in [6, 6.07) is 11.2. The Morgan fingerprint density at radius 2 is 1.58 bits per heavy atom. The van der Waals surface area contributed by atoms with Crippen molar-refractivity contribution in [1.29, 1.82) is 0 Å². The van der Waals surface area contributed by atoms with Crippen LogP contribution in [0, 0.1) is 5.92 Å². The molecule has 0 N–H and O–H groups in total. The Morgan fingerprint density at radius 3 is 2.06 bits per heavy atom. The smallest absolute Gasteiger partial charge is 0.334 e. The average molecular weight is 468 g/mol. The highest BCUT2D eigenvalue weighted by Crippen LogP contribution is 2.37. The molecule has 7 heteroatoms. The van der Waals surface area contributed by atoms with E-state index < -0.39 is 16.9 Å². The van der Waals surface area contributed by atoms with Gasteiger partial charge in [-0.3, -0.25) is 4.79 Å². The van der Waals surface area contributed by atoms with Crippen molar-refractivity contribution in [3.8, 4) is 0 Å².